The van der Waals surface area contributed by atoms with Gasteiger partial charge in [-0.25, -0.2) is 4.68 Å². The monoisotopic (exact) mass is 439 g/mol. The van der Waals surface area contributed by atoms with Gasteiger partial charge in [-0.2, -0.15) is 0 Å². The van der Waals surface area contributed by atoms with Gasteiger partial charge >= 0.3 is 0 Å². The lowest BCUT2D eigenvalue weighted by molar-refractivity contribution is 0.0613. The molecule has 1 aromatic heterocycles. The predicted octanol–water partition coefficient (Wildman–Crippen LogP) is 2.60. The summed E-state index contributed by atoms with van der Waals surface area (Å²) < 4.78 is 14.0. The number of aromatic nitrogens is 3. The van der Waals surface area contributed by atoms with Gasteiger partial charge in [-0.05, 0) is 36.6 Å². The molecule has 0 bridgehead atoms. The number of carbonyl (C=O) groups excluding carboxylic acids is 1. The highest BCUT2D eigenvalue weighted by atomic mass is 16.6. The van der Waals surface area contributed by atoms with E-state index in [1.165, 1.54) is 32.1 Å². The summed E-state index contributed by atoms with van der Waals surface area (Å²) in [6.45, 7) is 0.961. The smallest absolute Gasteiger partial charge is 0.251 e. The molecule has 0 spiro atoms. The molecule has 172 valence electrons. The number of fused-ring (bicyclic) bond motifs is 1. The van der Waals surface area contributed by atoms with Crippen LogP contribution in [0.2, 0.25) is 0 Å². The van der Waals surface area contributed by atoms with Crippen molar-refractivity contribution in [3.63, 3.8) is 0 Å². The minimum absolute atomic E-state index is 0.00566. The topological polar surface area (TPSA) is 81.5 Å². The molecule has 2 aromatic rings. The Morgan fingerprint density at radius 3 is 2.59 bits per heavy atom. The number of nitrogens with one attached hydrogen (secondary N) is 1. The molecule has 3 heterocycles. The first-order valence-electron chi connectivity index (χ1n) is 11.8. The maximum atomic E-state index is 12.8. The summed E-state index contributed by atoms with van der Waals surface area (Å²) >= 11 is 0. The van der Waals surface area contributed by atoms with Crippen molar-refractivity contribution in [1.29, 1.82) is 0 Å². The van der Waals surface area contributed by atoms with E-state index < -0.39 is 0 Å². The quantitative estimate of drug-likeness (QED) is 0.745. The molecule has 2 saturated heterocycles. The highest BCUT2D eigenvalue weighted by Crippen LogP contribution is 2.34. The Morgan fingerprint density at radius 2 is 1.84 bits per heavy atom. The van der Waals surface area contributed by atoms with Crippen molar-refractivity contribution in [1.82, 2.24) is 20.3 Å². The Bertz CT molecular complexity index is 922. The summed E-state index contributed by atoms with van der Waals surface area (Å²) in [5.41, 5.74) is 2.75. The van der Waals surface area contributed by atoms with Crippen molar-refractivity contribution in [3.05, 3.63) is 41.7 Å². The second-order valence-electron chi connectivity index (χ2n) is 9.58. The van der Waals surface area contributed by atoms with E-state index in [0.29, 0.717) is 18.8 Å². The SMILES string of the molecule is CN(C)c1ccc(C(=O)NC2COC3C2OCC3n2cc(CC3CCCCC3)nn2)cc1. The third-order valence-electron chi connectivity index (χ3n) is 7.11. The first-order chi connectivity index (χ1) is 15.6. The van der Waals surface area contributed by atoms with Crippen molar-refractivity contribution in [2.75, 3.05) is 32.2 Å². The van der Waals surface area contributed by atoms with Gasteiger partial charge in [0.1, 0.15) is 18.2 Å². The van der Waals surface area contributed by atoms with E-state index >= 15 is 0 Å². The van der Waals surface area contributed by atoms with Crippen LogP contribution in [0.5, 0.6) is 0 Å². The lowest BCUT2D eigenvalue weighted by atomic mass is 9.86. The molecule has 1 saturated carbocycles. The van der Waals surface area contributed by atoms with Crippen molar-refractivity contribution in [2.24, 2.45) is 5.92 Å². The standard InChI is InChI=1S/C24H33N5O3/c1-28(2)19-10-8-17(9-11-19)24(30)25-20-14-31-23-21(15-32-22(20)23)29-13-18(26-27-29)12-16-6-4-3-5-7-16/h8-11,13,16,20-23H,3-7,12,14-15H2,1-2H3,(H,25,30). The van der Waals surface area contributed by atoms with E-state index in [-0.39, 0.29) is 30.2 Å². The van der Waals surface area contributed by atoms with E-state index in [0.717, 1.165) is 23.7 Å². The Labute approximate surface area is 189 Å². The average Bonchev–Trinajstić information content (AvgIpc) is 3.52. The molecule has 1 N–H and O–H groups in total. The van der Waals surface area contributed by atoms with Gasteiger partial charge in [-0.15, -0.1) is 5.10 Å². The van der Waals surface area contributed by atoms with Crippen LogP contribution >= 0.6 is 0 Å². The van der Waals surface area contributed by atoms with Gasteiger partial charge in [-0.1, -0.05) is 37.3 Å². The first-order valence-corrected chi connectivity index (χ1v) is 11.8. The maximum absolute atomic E-state index is 12.8. The Kier molecular flexibility index (Phi) is 6.15. The maximum Gasteiger partial charge on any atom is 0.251 e. The van der Waals surface area contributed by atoms with E-state index in [9.17, 15) is 4.79 Å². The largest absolute Gasteiger partial charge is 0.378 e. The fraction of sp³-hybridized carbons (Fsp3) is 0.625. The Morgan fingerprint density at radius 1 is 1.09 bits per heavy atom. The molecule has 3 aliphatic rings. The number of anilines is 1. The molecule has 3 fully saturated rings. The summed E-state index contributed by atoms with van der Waals surface area (Å²) in [5, 5.41) is 11.9. The second-order valence-corrected chi connectivity index (χ2v) is 9.58. The number of carbonyl (C=O) groups is 1. The molecule has 4 atom stereocenters. The van der Waals surface area contributed by atoms with Crippen molar-refractivity contribution < 1.29 is 14.3 Å². The van der Waals surface area contributed by atoms with Gasteiger partial charge < -0.3 is 19.7 Å². The number of hydrogen-bond acceptors (Lipinski definition) is 6. The molecular weight excluding hydrogens is 406 g/mol. The molecule has 1 aliphatic carbocycles. The second kappa shape index (κ2) is 9.19. The van der Waals surface area contributed by atoms with Crippen LogP contribution in [0.3, 0.4) is 0 Å². The number of benzene rings is 1. The summed E-state index contributed by atoms with van der Waals surface area (Å²) in [6, 6.07) is 7.41. The fourth-order valence-corrected chi connectivity index (χ4v) is 5.25. The number of rotatable bonds is 6. The lowest BCUT2D eigenvalue weighted by Gasteiger charge is -2.20. The van der Waals surface area contributed by atoms with Crippen LogP contribution in [0.4, 0.5) is 5.69 Å². The zero-order valence-electron chi connectivity index (χ0n) is 18.9. The van der Waals surface area contributed by atoms with Crippen LogP contribution in [0.15, 0.2) is 30.5 Å². The van der Waals surface area contributed by atoms with Crippen LogP contribution in [-0.2, 0) is 15.9 Å². The number of hydrogen-bond donors (Lipinski definition) is 1. The number of amides is 1. The normalized spacial score (nSPS) is 27.9. The van der Waals surface area contributed by atoms with Crippen LogP contribution in [0.25, 0.3) is 0 Å². The third kappa shape index (κ3) is 4.38. The van der Waals surface area contributed by atoms with Gasteiger partial charge in [0.2, 0.25) is 0 Å². The Hall–Kier alpha value is -2.45. The van der Waals surface area contributed by atoms with Crippen molar-refractivity contribution >= 4 is 11.6 Å². The minimum atomic E-state index is -0.170. The van der Waals surface area contributed by atoms with Crippen molar-refractivity contribution in [3.8, 4) is 0 Å². The van der Waals surface area contributed by atoms with Gasteiger partial charge in [0.15, 0.2) is 0 Å². The summed E-state index contributed by atoms with van der Waals surface area (Å²) in [7, 11) is 3.96. The Balaban J connectivity index is 1.19. The highest BCUT2D eigenvalue weighted by Gasteiger charge is 2.49. The predicted molar refractivity (Wildman–Crippen MR) is 121 cm³/mol. The van der Waals surface area contributed by atoms with E-state index in [2.05, 4.69) is 21.8 Å². The zero-order chi connectivity index (χ0) is 22.1. The molecule has 32 heavy (non-hydrogen) atoms. The number of nitrogens with zero attached hydrogens (tertiary/aromatic N) is 4. The van der Waals surface area contributed by atoms with Gasteiger partial charge in [-0.3, -0.25) is 4.79 Å². The van der Waals surface area contributed by atoms with Gasteiger partial charge in [0.25, 0.3) is 5.91 Å². The highest BCUT2D eigenvalue weighted by molar-refractivity contribution is 5.94. The molecule has 1 aromatic carbocycles. The molecule has 5 rings (SSSR count). The van der Waals surface area contributed by atoms with E-state index in [1.54, 1.807) is 0 Å². The molecule has 2 aliphatic heterocycles. The zero-order valence-corrected chi connectivity index (χ0v) is 18.9. The number of ether oxygens (including phenoxy) is 2. The van der Waals surface area contributed by atoms with Crippen molar-refractivity contribution in [2.45, 2.75) is 62.8 Å². The third-order valence-corrected chi connectivity index (χ3v) is 7.11. The van der Waals surface area contributed by atoms with Gasteiger partial charge in [0.05, 0.1) is 24.9 Å². The molecule has 0 radical (unpaired) electrons. The summed E-state index contributed by atoms with van der Waals surface area (Å²) in [5.74, 6) is 0.628. The van der Waals surface area contributed by atoms with Gasteiger partial charge in [0, 0.05) is 31.5 Å². The summed E-state index contributed by atoms with van der Waals surface area (Å²) in [4.78, 5) is 14.8. The summed E-state index contributed by atoms with van der Waals surface area (Å²) in [6.07, 6.45) is 9.40. The lowest BCUT2D eigenvalue weighted by Crippen LogP contribution is -2.44. The van der Waals surface area contributed by atoms with Crippen LogP contribution in [0, 0.1) is 5.92 Å². The molecule has 1 amide bonds. The molecule has 8 heteroatoms. The van der Waals surface area contributed by atoms with Crippen LogP contribution in [0.1, 0.15) is 54.2 Å². The van der Waals surface area contributed by atoms with Crippen LogP contribution < -0.4 is 10.2 Å². The van der Waals surface area contributed by atoms with Crippen LogP contribution in [-0.4, -0.2) is 66.5 Å². The molecule has 4 unspecified atom stereocenters. The average molecular weight is 440 g/mol. The first kappa shape index (κ1) is 21.4. The fourth-order valence-electron chi connectivity index (χ4n) is 5.25. The van der Waals surface area contributed by atoms with E-state index in [4.69, 9.17) is 9.47 Å². The van der Waals surface area contributed by atoms with E-state index in [1.807, 2.05) is 47.9 Å². The minimum Gasteiger partial charge on any atom is -0.378 e. The molecule has 8 nitrogen and oxygen atoms in total. The molecular formula is C24H33N5O3.